The van der Waals surface area contributed by atoms with Crippen LogP contribution in [0.15, 0.2) is 24.3 Å². The minimum Gasteiger partial charge on any atom is -0.487 e. The monoisotopic (exact) mass is 661 g/mol. The van der Waals surface area contributed by atoms with Crippen LogP contribution in [0.3, 0.4) is 0 Å². The van der Waals surface area contributed by atoms with Gasteiger partial charge in [0.05, 0.1) is 33.2 Å². The largest absolute Gasteiger partial charge is 0.487 e. The maximum absolute atomic E-state index is 15.5. The number of benzene rings is 2. The second-order valence-corrected chi connectivity index (χ2v) is 12.5. The Labute approximate surface area is 260 Å². The molecular weight excluding hydrogens is 628 g/mol. The zero-order valence-corrected chi connectivity index (χ0v) is 25.8. The molecule has 45 heavy (non-hydrogen) atoms. The van der Waals surface area contributed by atoms with E-state index in [4.69, 9.17) is 16.3 Å². The zero-order chi connectivity index (χ0) is 33.3. The summed E-state index contributed by atoms with van der Waals surface area (Å²) in [4.78, 5) is 29.9. The third-order valence-corrected chi connectivity index (χ3v) is 7.96. The Kier molecular flexibility index (Phi) is 10.1. The number of carbonyl (C=O) groups is 2. The first-order chi connectivity index (χ1) is 21.0. The Morgan fingerprint density at radius 3 is 2.38 bits per heavy atom. The van der Waals surface area contributed by atoms with Crippen molar-refractivity contribution in [3.8, 4) is 5.75 Å². The van der Waals surface area contributed by atoms with E-state index in [-0.39, 0.29) is 77.2 Å². The Morgan fingerprint density at radius 2 is 1.78 bits per heavy atom. The molecule has 0 saturated heterocycles. The van der Waals surface area contributed by atoms with Crippen LogP contribution in [-0.4, -0.2) is 46.6 Å². The summed E-state index contributed by atoms with van der Waals surface area (Å²) in [7, 11) is 1.56. The predicted molar refractivity (Wildman–Crippen MR) is 157 cm³/mol. The van der Waals surface area contributed by atoms with E-state index >= 15 is 4.39 Å². The highest BCUT2D eigenvalue weighted by atomic mass is 35.5. The number of nitrogens with zero attached hydrogens (tertiary/aromatic N) is 2. The normalized spacial score (nSPS) is 17.4. The van der Waals surface area contributed by atoms with Gasteiger partial charge in [-0.05, 0) is 37.8 Å². The molecule has 1 aliphatic carbocycles. The van der Waals surface area contributed by atoms with Gasteiger partial charge >= 0.3 is 6.18 Å². The fraction of sp³-hybridized carbons (Fsp3) is 0.500. The van der Waals surface area contributed by atoms with Crippen LogP contribution in [0.25, 0.3) is 11.0 Å². The van der Waals surface area contributed by atoms with Crippen LogP contribution < -0.4 is 20.7 Å². The van der Waals surface area contributed by atoms with Gasteiger partial charge in [0, 0.05) is 36.7 Å². The molecule has 246 valence electrons. The second-order valence-electron chi connectivity index (χ2n) is 12.1. The Balaban J connectivity index is 1.61. The van der Waals surface area contributed by atoms with Crippen molar-refractivity contribution < 1.29 is 40.7 Å². The summed E-state index contributed by atoms with van der Waals surface area (Å²) in [5, 5.41) is 8.22. The maximum atomic E-state index is 15.5. The number of nitrogens with one attached hydrogen (secondary N) is 3. The summed E-state index contributed by atoms with van der Waals surface area (Å²) in [5.41, 5.74) is -0.221. The lowest BCUT2D eigenvalue weighted by Gasteiger charge is -2.30. The number of rotatable bonds is 9. The first kappa shape index (κ1) is 34.2. The molecule has 0 spiro atoms. The average Bonchev–Trinajstić information content (AvgIpc) is 3.26. The standard InChI is InChI=1S/C30H34ClF6N5O3/c1-29(2,3)27(44)38-13-15-5-10-19(31)25(24(15)34)41-28-40-20-11-18(22(45-14-23(32)33)12-21(20)42(28)4)26(43)39-17-8-6-16(7-9-17)30(35,36)37/h5,10-12,16-17,23H,6-9,13-14H2,1-4H3,(H,38,44)(H,39,43)(H,40,41)/t16-,17-. The molecule has 1 aliphatic rings. The fourth-order valence-electron chi connectivity index (χ4n) is 5.01. The third kappa shape index (κ3) is 8.13. The van der Waals surface area contributed by atoms with Crippen molar-refractivity contribution in [1.82, 2.24) is 20.2 Å². The number of halogens is 7. The van der Waals surface area contributed by atoms with Gasteiger partial charge in [-0.15, -0.1) is 0 Å². The Bertz CT molecular complexity index is 1560. The molecule has 3 aromatic rings. The van der Waals surface area contributed by atoms with Crippen molar-refractivity contribution in [1.29, 1.82) is 0 Å². The van der Waals surface area contributed by atoms with Crippen LogP contribution in [0.2, 0.25) is 5.02 Å². The second kappa shape index (κ2) is 13.4. The van der Waals surface area contributed by atoms with Crippen molar-refractivity contribution in [2.24, 2.45) is 18.4 Å². The lowest BCUT2D eigenvalue weighted by atomic mass is 9.85. The van der Waals surface area contributed by atoms with Crippen molar-refractivity contribution in [2.45, 2.75) is 71.6 Å². The molecule has 4 rings (SSSR count). The maximum Gasteiger partial charge on any atom is 0.391 e. The first-order valence-electron chi connectivity index (χ1n) is 14.3. The average molecular weight is 662 g/mol. The zero-order valence-electron chi connectivity index (χ0n) is 25.0. The Morgan fingerprint density at radius 1 is 1.11 bits per heavy atom. The van der Waals surface area contributed by atoms with E-state index in [2.05, 4.69) is 20.9 Å². The minimum atomic E-state index is -4.31. The predicted octanol–water partition coefficient (Wildman–Crippen LogP) is 7.27. The van der Waals surface area contributed by atoms with Crippen LogP contribution in [0.1, 0.15) is 62.4 Å². The lowest BCUT2D eigenvalue weighted by Crippen LogP contribution is -2.40. The number of alkyl halides is 5. The molecule has 0 unspecified atom stereocenters. The highest BCUT2D eigenvalue weighted by molar-refractivity contribution is 6.33. The number of aromatic nitrogens is 2. The van der Waals surface area contributed by atoms with Gasteiger partial charge < -0.3 is 25.3 Å². The smallest absolute Gasteiger partial charge is 0.391 e. The number of anilines is 2. The first-order valence-corrected chi connectivity index (χ1v) is 14.6. The number of hydrogen-bond acceptors (Lipinski definition) is 5. The van der Waals surface area contributed by atoms with Gasteiger partial charge in [-0.1, -0.05) is 38.4 Å². The highest BCUT2D eigenvalue weighted by Gasteiger charge is 2.41. The number of ether oxygens (including phenoxy) is 1. The van der Waals surface area contributed by atoms with Crippen LogP contribution in [0.5, 0.6) is 5.75 Å². The fourth-order valence-corrected chi connectivity index (χ4v) is 5.20. The summed E-state index contributed by atoms with van der Waals surface area (Å²) in [5.74, 6) is -3.25. The van der Waals surface area contributed by atoms with E-state index in [0.717, 1.165) is 0 Å². The number of hydrogen-bond donors (Lipinski definition) is 3. The van der Waals surface area contributed by atoms with Crippen LogP contribution in [0.4, 0.5) is 38.0 Å². The lowest BCUT2D eigenvalue weighted by molar-refractivity contribution is -0.182. The molecule has 0 atom stereocenters. The van der Waals surface area contributed by atoms with Gasteiger partial charge in [-0.3, -0.25) is 9.59 Å². The third-order valence-electron chi connectivity index (χ3n) is 7.65. The molecule has 1 fully saturated rings. The van der Waals surface area contributed by atoms with Crippen molar-refractivity contribution in [3.63, 3.8) is 0 Å². The van der Waals surface area contributed by atoms with Crippen LogP contribution in [0, 0.1) is 17.2 Å². The van der Waals surface area contributed by atoms with Gasteiger partial charge in [-0.2, -0.15) is 13.2 Å². The molecule has 1 heterocycles. The topological polar surface area (TPSA) is 97.3 Å². The van der Waals surface area contributed by atoms with Gasteiger partial charge in [0.15, 0.2) is 5.82 Å². The van der Waals surface area contributed by atoms with Gasteiger partial charge in [0.2, 0.25) is 11.9 Å². The van der Waals surface area contributed by atoms with E-state index in [9.17, 15) is 31.5 Å². The van der Waals surface area contributed by atoms with Crippen LogP contribution >= 0.6 is 11.6 Å². The molecule has 2 aromatic carbocycles. The van der Waals surface area contributed by atoms with E-state index in [1.54, 1.807) is 27.8 Å². The molecule has 2 amide bonds. The summed E-state index contributed by atoms with van der Waals surface area (Å²) in [6, 6.07) is 5.00. The quantitative estimate of drug-likeness (QED) is 0.210. The molecule has 0 bridgehead atoms. The number of aryl methyl sites for hydroxylation is 1. The number of amides is 2. The molecule has 3 N–H and O–H groups in total. The van der Waals surface area contributed by atoms with E-state index in [1.807, 2.05) is 0 Å². The van der Waals surface area contributed by atoms with E-state index in [1.165, 1.54) is 28.8 Å². The summed E-state index contributed by atoms with van der Waals surface area (Å²) in [6.45, 7) is 4.06. The van der Waals surface area contributed by atoms with Crippen molar-refractivity contribution in [3.05, 3.63) is 46.2 Å². The van der Waals surface area contributed by atoms with E-state index in [0.29, 0.717) is 5.52 Å². The van der Waals surface area contributed by atoms with Crippen LogP contribution in [-0.2, 0) is 18.4 Å². The van der Waals surface area contributed by atoms with Crippen molar-refractivity contribution in [2.75, 3.05) is 11.9 Å². The summed E-state index contributed by atoms with van der Waals surface area (Å²) < 4.78 is 87.5. The Hall–Kier alpha value is -3.68. The summed E-state index contributed by atoms with van der Waals surface area (Å²) >= 11 is 6.29. The number of carbonyl (C=O) groups excluding carboxylic acids is 2. The minimum absolute atomic E-state index is 0.0201. The number of fused-ring (bicyclic) bond motifs is 1. The highest BCUT2D eigenvalue weighted by Crippen LogP contribution is 2.38. The number of imidazole rings is 1. The van der Waals surface area contributed by atoms with Crippen molar-refractivity contribution >= 4 is 46.1 Å². The SMILES string of the molecule is Cn1c(Nc2c(Cl)ccc(CNC(=O)C(C)(C)C)c2F)nc2cc(C(=O)N[C@H]3CC[C@H](C(F)(F)F)CC3)c(OCC(F)F)cc21. The van der Waals surface area contributed by atoms with E-state index < -0.39 is 48.3 Å². The van der Waals surface area contributed by atoms with Gasteiger partial charge in [0.25, 0.3) is 12.3 Å². The molecule has 8 nitrogen and oxygen atoms in total. The van der Waals surface area contributed by atoms with Gasteiger partial charge in [-0.25, -0.2) is 18.2 Å². The molecule has 1 saturated carbocycles. The van der Waals surface area contributed by atoms with Gasteiger partial charge in [0.1, 0.15) is 12.4 Å². The molecule has 0 aliphatic heterocycles. The molecule has 15 heteroatoms. The molecule has 0 radical (unpaired) electrons. The molecular formula is C30H34ClF6N5O3. The molecule has 1 aromatic heterocycles. The summed E-state index contributed by atoms with van der Waals surface area (Å²) in [6.07, 6.45) is -7.22.